The van der Waals surface area contributed by atoms with Gasteiger partial charge in [0.25, 0.3) is 0 Å². The highest BCUT2D eigenvalue weighted by atomic mass is 14.2. The molecule has 0 saturated carbocycles. The molecular weight excluding hydrogens is 480 g/mol. The summed E-state index contributed by atoms with van der Waals surface area (Å²) in [4.78, 5) is 0. The van der Waals surface area contributed by atoms with Gasteiger partial charge in [-0.05, 0) is 88.6 Å². The van der Waals surface area contributed by atoms with Crippen molar-refractivity contribution < 1.29 is 0 Å². The van der Waals surface area contributed by atoms with E-state index in [1.807, 2.05) is 0 Å². The van der Waals surface area contributed by atoms with E-state index in [-0.39, 0.29) is 0 Å². The normalized spacial score (nSPS) is 11.5. The molecule has 0 spiro atoms. The van der Waals surface area contributed by atoms with Gasteiger partial charge in [-0.2, -0.15) is 0 Å². The molecule has 0 aliphatic rings. The van der Waals surface area contributed by atoms with E-state index in [2.05, 4.69) is 158 Å². The Hall–Kier alpha value is -5.20. The van der Waals surface area contributed by atoms with Crippen LogP contribution in [0.2, 0.25) is 0 Å². The van der Waals surface area contributed by atoms with Crippen molar-refractivity contribution in [2.24, 2.45) is 0 Å². The van der Waals surface area contributed by atoms with Crippen molar-refractivity contribution in [2.45, 2.75) is 0 Å². The molecule has 0 unspecified atom stereocenters. The topological polar surface area (TPSA) is 0 Å². The second kappa shape index (κ2) is 9.22. The number of benzene rings is 8. The van der Waals surface area contributed by atoms with Crippen LogP contribution >= 0.6 is 0 Å². The second-order valence-electron chi connectivity index (χ2n) is 10.5. The summed E-state index contributed by atoms with van der Waals surface area (Å²) in [5, 5.41) is 10.2. The van der Waals surface area contributed by atoms with Gasteiger partial charge in [0.05, 0.1) is 0 Å². The molecule has 0 saturated heterocycles. The van der Waals surface area contributed by atoms with Crippen LogP contribution in [0.15, 0.2) is 158 Å². The fourth-order valence-electron chi connectivity index (χ4n) is 6.48. The molecule has 0 amide bonds. The zero-order chi connectivity index (χ0) is 26.5. The lowest BCUT2D eigenvalue weighted by molar-refractivity contribution is 1.65. The molecule has 0 nitrogen and oxygen atoms in total. The van der Waals surface area contributed by atoms with Crippen LogP contribution in [0.5, 0.6) is 0 Å². The van der Waals surface area contributed by atoms with Crippen molar-refractivity contribution in [3.8, 4) is 33.4 Å². The van der Waals surface area contributed by atoms with Gasteiger partial charge in [-0.3, -0.25) is 0 Å². The Morgan fingerprint density at radius 1 is 0.250 bits per heavy atom. The Morgan fingerprint density at radius 3 is 1.38 bits per heavy atom. The van der Waals surface area contributed by atoms with E-state index < -0.39 is 0 Å². The third-order valence-corrected chi connectivity index (χ3v) is 8.23. The molecule has 8 aromatic rings. The average Bonchev–Trinajstić information content (AvgIpc) is 3.03. The lowest BCUT2D eigenvalue weighted by Gasteiger charge is -2.20. The monoisotopic (exact) mass is 506 g/mol. The SMILES string of the molecule is c1ccc(-c2c3ccccc3c(-c3cc(-c4cccc5ccccc45)cc4ccccc34)c3ccccc23)cc1. The maximum Gasteiger partial charge on any atom is -0.00199 e. The molecule has 0 aliphatic carbocycles. The summed E-state index contributed by atoms with van der Waals surface area (Å²) in [6, 6.07) is 57.5. The van der Waals surface area contributed by atoms with Gasteiger partial charge in [0.15, 0.2) is 0 Å². The molecule has 0 heteroatoms. The molecular formula is C40H26. The maximum atomic E-state index is 2.42. The third-order valence-electron chi connectivity index (χ3n) is 8.23. The van der Waals surface area contributed by atoms with Gasteiger partial charge in [-0.1, -0.05) is 146 Å². The van der Waals surface area contributed by atoms with Crippen LogP contribution in [0.25, 0.3) is 76.5 Å². The molecule has 0 atom stereocenters. The Balaban J connectivity index is 1.53. The van der Waals surface area contributed by atoms with Gasteiger partial charge in [-0.25, -0.2) is 0 Å². The van der Waals surface area contributed by atoms with Gasteiger partial charge < -0.3 is 0 Å². The Morgan fingerprint density at radius 2 is 0.725 bits per heavy atom. The number of rotatable bonds is 3. The van der Waals surface area contributed by atoms with Crippen LogP contribution in [-0.2, 0) is 0 Å². The van der Waals surface area contributed by atoms with Crippen LogP contribution in [0, 0.1) is 0 Å². The predicted octanol–water partition coefficient (Wildman–Crippen LogP) is 11.3. The van der Waals surface area contributed by atoms with Crippen LogP contribution in [-0.4, -0.2) is 0 Å². The molecule has 186 valence electrons. The van der Waals surface area contributed by atoms with Gasteiger partial charge in [0.1, 0.15) is 0 Å². The molecule has 0 aliphatic heterocycles. The third kappa shape index (κ3) is 3.54. The molecule has 0 heterocycles. The van der Waals surface area contributed by atoms with Gasteiger partial charge >= 0.3 is 0 Å². The highest BCUT2D eigenvalue weighted by Gasteiger charge is 2.19. The Labute approximate surface area is 233 Å². The van der Waals surface area contributed by atoms with Crippen molar-refractivity contribution in [1.82, 2.24) is 0 Å². The lowest BCUT2D eigenvalue weighted by atomic mass is 9.83. The quantitative estimate of drug-likeness (QED) is 0.209. The fraction of sp³-hybridized carbons (Fsp3) is 0. The van der Waals surface area contributed by atoms with Crippen LogP contribution in [0.1, 0.15) is 0 Å². The summed E-state index contributed by atoms with van der Waals surface area (Å²) in [7, 11) is 0. The molecule has 0 fully saturated rings. The summed E-state index contributed by atoms with van der Waals surface area (Å²) in [6.45, 7) is 0. The first kappa shape index (κ1) is 22.8. The largest absolute Gasteiger partial charge is 0.0622 e. The molecule has 0 radical (unpaired) electrons. The molecule has 8 rings (SSSR count). The van der Waals surface area contributed by atoms with E-state index >= 15 is 0 Å². The van der Waals surface area contributed by atoms with Crippen molar-refractivity contribution in [2.75, 3.05) is 0 Å². The first-order valence-corrected chi connectivity index (χ1v) is 13.9. The van der Waals surface area contributed by atoms with Crippen molar-refractivity contribution in [3.05, 3.63) is 158 Å². The summed E-state index contributed by atoms with van der Waals surface area (Å²) in [5.74, 6) is 0. The molecule has 40 heavy (non-hydrogen) atoms. The second-order valence-corrected chi connectivity index (χ2v) is 10.5. The molecule has 8 aromatic carbocycles. The number of hydrogen-bond acceptors (Lipinski definition) is 0. The van der Waals surface area contributed by atoms with Gasteiger partial charge in [0.2, 0.25) is 0 Å². The molecule has 0 aromatic heterocycles. The van der Waals surface area contributed by atoms with E-state index in [9.17, 15) is 0 Å². The van der Waals surface area contributed by atoms with E-state index in [0.717, 1.165) is 0 Å². The van der Waals surface area contributed by atoms with E-state index in [0.29, 0.717) is 0 Å². The van der Waals surface area contributed by atoms with E-state index in [4.69, 9.17) is 0 Å². The predicted molar refractivity (Wildman–Crippen MR) is 173 cm³/mol. The fourth-order valence-corrected chi connectivity index (χ4v) is 6.48. The van der Waals surface area contributed by atoms with Crippen molar-refractivity contribution in [1.29, 1.82) is 0 Å². The van der Waals surface area contributed by atoms with E-state index in [1.54, 1.807) is 0 Å². The Kier molecular flexibility index (Phi) is 5.24. The minimum atomic E-state index is 1.24. The number of fused-ring (bicyclic) bond motifs is 4. The zero-order valence-electron chi connectivity index (χ0n) is 22.0. The standard InChI is InChI=1S/C40H26/c1-2-14-28(15-3-1)39-34-20-8-10-22-36(34)40(37-23-11-9-21-35(37)39)38-26-30(25-29-16-5-7-19-32(29)38)33-24-12-17-27-13-4-6-18-31(27)33/h1-26H. The summed E-state index contributed by atoms with van der Waals surface area (Å²) < 4.78 is 0. The summed E-state index contributed by atoms with van der Waals surface area (Å²) in [5.41, 5.74) is 7.61. The minimum Gasteiger partial charge on any atom is -0.0622 e. The van der Waals surface area contributed by atoms with Crippen LogP contribution in [0.4, 0.5) is 0 Å². The highest BCUT2D eigenvalue weighted by molar-refractivity contribution is 6.24. The van der Waals surface area contributed by atoms with Crippen LogP contribution < -0.4 is 0 Å². The van der Waals surface area contributed by atoms with E-state index in [1.165, 1.54) is 76.5 Å². The van der Waals surface area contributed by atoms with Crippen molar-refractivity contribution >= 4 is 43.1 Å². The average molecular weight is 507 g/mol. The number of hydrogen-bond donors (Lipinski definition) is 0. The first-order valence-electron chi connectivity index (χ1n) is 13.9. The maximum absolute atomic E-state index is 2.42. The summed E-state index contributed by atoms with van der Waals surface area (Å²) in [6.07, 6.45) is 0. The first-order chi connectivity index (χ1) is 19.9. The van der Waals surface area contributed by atoms with Crippen LogP contribution in [0.3, 0.4) is 0 Å². The highest BCUT2D eigenvalue weighted by Crippen LogP contribution is 2.46. The smallest absolute Gasteiger partial charge is 0.00199 e. The minimum absolute atomic E-state index is 1.24. The Bertz CT molecular complexity index is 2140. The van der Waals surface area contributed by atoms with Crippen molar-refractivity contribution in [3.63, 3.8) is 0 Å². The van der Waals surface area contributed by atoms with Gasteiger partial charge in [-0.15, -0.1) is 0 Å². The van der Waals surface area contributed by atoms with Gasteiger partial charge in [0, 0.05) is 0 Å². The summed E-state index contributed by atoms with van der Waals surface area (Å²) >= 11 is 0. The lowest BCUT2D eigenvalue weighted by Crippen LogP contribution is -1.92. The molecule has 0 N–H and O–H groups in total. The zero-order valence-corrected chi connectivity index (χ0v) is 22.0. The molecule has 0 bridgehead atoms.